The highest BCUT2D eigenvalue weighted by molar-refractivity contribution is 6.74. The molecule has 1 aromatic rings. The van der Waals surface area contributed by atoms with Crippen molar-refractivity contribution in [1.82, 2.24) is 5.32 Å². The fourth-order valence-corrected chi connectivity index (χ4v) is 5.06. The quantitative estimate of drug-likeness (QED) is 0.246. The van der Waals surface area contributed by atoms with Crippen molar-refractivity contribution in [1.29, 1.82) is 0 Å². The molecule has 1 aliphatic rings. The summed E-state index contributed by atoms with van der Waals surface area (Å²) >= 11 is 0. The van der Waals surface area contributed by atoms with Gasteiger partial charge in [0.15, 0.2) is 8.32 Å². The summed E-state index contributed by atoms with van der Waals surface area (Å²) in [6.07, 6.45) is 7.19. The van der Waals surface area contributed by atoms with Crippen molar-refractivity contribution in [3.05, 3.63) is 60.7 Å². The van der Waals surface area contributed by atoms with E-state index in [4.69, 9.17) is 9.16 Å². The van der Waals surface area contributed by atoms with Crippen molar-refractivity contribution in [3.63, 3.8) is 0 Å². The molecule has 0 saturated heterocycles. The van der Waals surface area contributed by atoms with Crippen LogP contribution in [0.15, 0.2) is 55.1 Å². The first-order valence-corrected chi connectivity index (χ1v) is 13.3. The molecule has 0 spiro atoms. The summed E-state index contributed by atoms with van der Waals surface area (Å²) in [4.78, 5) is 12.7. The molecule has 2 rings (SSSR count). The highest BCUT2D eigenvalue weighted by Crippen LogP contribution is 2.64. The number of carbonyl (C=O) groups is 1. The molecular weight excluding hydrogens is 378 g/mol. The summed E-state index contributed by atoms with van der Waals surface area (Å²) in [5, 5.41) is 3.46. The van der Waals surface area contributed by atoms with Gasteiger partial charge in [0.1, 0.15) is 5.41 Å². The predicted molar refractivity (Wildman–Crippen MR) is 122 cm³/mol. The molecule has 1 N–H and O–H groups in total. The Kier molecular flexibility index (Phi) is 7.31. The van der Waals surface area contributed by atoms with Gasteiger partial charge in [-0.15, -0.1) is 6.58 Å². The second-order valence-electron chi connectivity index (χ2n) is 9.50. The van der Waals surface area contributed by atoms with E-state index in [2.05, 4.69) is 70.0 Å². The van der Waals surface area contributed by atoms with Gasteiger partial charge < -0.3 is 14.5 Å². The number of hydrogen-bond acceptors (Lipinski definition) is 4. The molecule has 1 aliphatic carbocycles. The second kappa shape index (κ2) is 8.98. The minimum Gasteiger partial charge on any atom is -0.468 e. The lowest BCUT2D eigenvalue weighted by Gasteiger charge is -2.40. The van der Waals surface area contributed by atoms with Crippen molar-refractivity contribution in [3.8, 4) is 0 Å². The third kappa shape index (κ3) is 5.08. The van der Waals surface area contributed by atoms with E-state index in [1.165, 1.54) is 12.7 Å². The highest BCUT2D eigenvalue weighted by atomic mass is 28.4. The Bertz CT molecular complexity index is 738. The van der Waals surface area contributed by atoms with Crippen LogP contribution >= 0.6 is 0 Å². The maximum Gasteiger partial charge on any atom is 0.315 e. The van der Waals surface area contributed by atoms with Crippen LogP contribution in [0.1, 0.15) is 39.2 Å². The molecule has 2 atom stereocenters. The van der Waals surface area contributed by atoms with Gasteiger partial charge in [-0.3, -0.25) is 4.79 Å². The third-order valence-corrected chi connectivity index (χ3v) is 11.0. The Balaban J connectivity index is 2.02. The van der Waals surface area contributed by atoms with Crippen molar-refractivity contribution < 1.29 is 14.0 Å². The summed E-state index contributed by atoms with van der Waals surface area (Å²) in [7, 11) is -0.607. The fourth-order valence-electron chi connectivity index (χ4n) is 3.49. The number of benzene rings is 1. The maximum atomic E-state index is 12.7. The van der Waals surface area contributed by atoms with E-state index in [9.17, 15) is 4.79 Å². The molecular formula is C24H37NO3Si. The molecule has 0 heterocycles. The van der Waals surface area contributed by atoms with Crippen LogP contribution in [0.4, 0.5) is 0 Å². The average molecular weight is 416 g/mol. The minimum absolute atomic E-state index is 0.0602. The molecule has 1 saturated carbocycles. The molecule has 5 heteroatoms. The van der Waals surface area contributed by atoms with Crippen LogP contribution in [0.3, 0.4) is 0 Å². The van der Waals surface area contributed by atoms with Crippen molar-refractivity contribution in [2.45, 2.75) is 63.9 Å². The van der Waals surface area contributed by atoms with Gasteiger partial charge in [-0.1, -0.05) is 69.3 Å². The van der Waals surface area contributed by atoms with E-state index in [0.717, 1.165) is 13.1 Å². The molecule has 0 unspecified atom stereocenters. The average Bonchev–Trinajstić information content (AvgIpc) is 3.31. The SMILES string of the molecule is C=C[C@@]1(O[Si](C)(C)C(C)(C)C)C[C@@]1(C/C=C/CNCc1ccccc1)C(=O)OC. The highest BCUT2D eigenvalue weighted by Gasteiger charge is 2.73. The Hall–Kier alpha value is -1.69. The topological polar surface area (TPSA) is 47.6 Å². The van der Waals surface area contributed by atoms with Gasteiger partial charge in [0.05, 0.1) is 12.7 Å². The Morgan fingerprint density at radius 3 is 2.45 bits per heavy atom. The van der Waals surface area contributed by atoms with Crippen LogP contribution in [-0.2, 0) is 20.5 Å². The summed E-state index contributed by atoms with van der Waals surface area (Å²) < 4.78 is 11.9. The first kappa shape index (κ1) is 23.6. The van der Waals surface area contributed by atoms with Crippen molar-refractivity contribution in [2.75, 3.05) is 13.7 Å². The molecule has 1 aromatic carbocycles. The number of hydrogen-bond donors (Lipinski definition) is 1. The molecule has 4 nitrogen and oxygen atoms in total. The lowest BCUT2D eigenvalue weighted by Crippen LogP contribution is -2.46. The number of allylic oxidation sites excluding steroid dienone is 1. The molecule has 1 fully saturated rings. The number of rotatable bonds is 10. The number of carbonyl (C=O) groups excluding carboxylic acids is 1. The Morgan fingerprint density at radius 1 is 1.24 bits per heavy atom. The van der Waals surface area contributed by atoms with Crippen molar-refractivity contribution in [2.24, 2.45) is 5.41 Å². The molecule has 0 amide bonds. The number of nitrogens with one attached hydrogen (secondary N) is 1. The van der Waals surface area contributed by atoms with Crippen LogP contribution in [0.2, 0.25) is 18.1 Å². The summed E-state index contributed by atoms with van der Waals surface area (Å²) in [6, 6.07) is 10.3. The molecule has 0 aliphatic heterocycles. The number of esters is 1. The van der Waals surface area contributed by atoms with Gasteiger partial charge in [0.25, 0.3) is 0 Å². The monoisotopic (exact) mass is 415 g/mol. The maximum absolute atomic E-state index is 12.7. The zero-order valence-electron chi connectivity index (χ0n) is 18.9. The lowest BCUT2D eigenvalue weighted by molar-refractivity contribution is -0.149. The normalized spacial score (nSPS) is 24.5. The van der Waals surface area contributed by atoms with Gasteiger partial charge in [0, 0.05) is 13.1 Å². The number of methoxy groups -OCH3 is 1. The summed E-state index contributed by atoms with van der Waals surface area (Å²) in [5.74, 6) is -0.210. The van der Waals surface area contributed by atoms with Crippen LogP contribution in [0.5, 0.6) is 0 Å². The van der Waals surface area contributed by atoms with Gasteiger partial charge in [-0.2, -0.15) is 0 Å². The third-order valence-electron chi connectivity index (χ3n) is 6.47. The van der Waals surface area contributed by atoms with Crippen molar-refractivity contribution >= 4 is 14.3 Å². The fraction of sp³-hybridized carbons (Fsp3) is 0.542. The van der Waals surface area contributed by atoms with E-state index < -0.39 is 19.3 Å². The summed E-state index contributed by atoms with van der Waals surface area (Å²) in [5.41, 5.74) is -0.0533. The first-order chi connectivity index (χ1) is 13.5. The van der Waals surface area contributed by atoms with Crippen LogP contribution in [0.25, 0.3) is 0 Å². The minimum atomic E-state index is -2.06. The van der Waals surface area contributed by atoms with E-state index in [1.54, 1.807) is 0 Å². The molecule has 29 heavy (non-hydrogen) atoms. The van der Waals surface area contributed by atoms with Gasteiger partial charge in [0.2, 0.25) is 0 Å². The summed E-state index contributed by atoms with van der Waals surface area (Å²) in [6.45, 7) is 16.6. The van der Waals surface area contributed by atoms with Crippen LogP contribution in [0, 0.1) is 5.41 Å². The second-order valence-corrected chi connectivity index (χ2v) is 14.2. The van der Waals surface area contributed by atoms with Gasteiger partial charge in [-0.25, -0.2) is 0 Å². The predicted octanol–water partition coefficient (Wildman–Crippen LogP) is 5.23. The van der Waals surface area contributed by atoms with Gasteiger partial charge >= 0.3 is 5.97 Å². The van der Waals surface area contributed by atoms with E-state index in [1.807, 2.05) is 24.3 Å². The molecule has 0 bridgehead atoms. The van der Waals surface area contributed by atoms with E-state index >= 15 is 0 Å². The molecule has 0 aromatic heterocycles. The number of ether oxygens (including phenoxy) is 1. The molecule has 0 radical (unpaired) electrons. The van der Waals surface area contributed by atoms with E-state index in [-0.39, 0.29) is 11.0 Å². The van der Waals surface area contributed by atoms with Gasteiger partial charge in [-0.05, 0) is 36.5 Å². The Morgan fingerprint density at radius 2 is 1.90 bits per heavy atom. The lowest BCUT2D eigenvalue weighted by atomic mass is 9.97. The smallest absolute Gasteiger partial charge is 0.315 e. The van der Waals surface area contributed by atoms with Crippen LogP contribution in [-0.4, -0.2) is 33.5 Å². The Labute approximate surface area is 177 Å². The first-order valence-electron chi connectivity index (χ1n) is 10.4. The molecule has 160 valence electrons. The zero-order chi connectivity index (χ0) is 21.8. The zero-order valence-corrected chi connectivity index (χ0v) is 19.9. The standard InChI is InChI=1S/C24H37NO3Si/c1-8-24(28-29(6,7)22(2,3)4)19-23(24,21(26)27-5)16-12-13-17-25-18-20-14-10-9-11-15-20/h8-15,25H,1,16-19H2,2-7H3/b13-12+/t23-,24+/m0/s1. The largest absolute Gasteiger partial charge is 0.468 e. The van der Waals surface area contributed by atoms with E-state index in [0.29, 0.717) is 12.8 Å². The van der Waals surface area contributed by atoms with Crippen LogP contribution < -0.4 is 5.32 Å².